The molecule has 29 heavy (non-hydrogen) atoms. The van der Waals surface area contributed by atoms with Crippen molar-refractivity contribution in [3.8, 4) is 0 Å². The van der Waals surface area contributed by atoms with Crippen LogP contribution in [0.15, 0.2) is 12.1 Å². The first kappa shape index (κ1) is 20.5. The van der Waals surface area contributed by atoms with Gasteiger partial charge in [-0.2, -0.15) is 0 Å². The molecule has 1 aliphatic rings. The van der Waals surface area contributed by atoms with Crippen LogP contribution in [0.25, 0.3) is 0 Å². The minimum absolute atomic E-state index is 0.0298. The number of aromatic nitrogens is 3. The number of esters is 2. The summed E-state index contributed by atoms with van der Waals surface area (Å²) >= 11 is 0. The molecule has 154 valence electrons. The molecule has 9 nitrogen and oxygen atoms in total. The predicted octanol–water partition coefficient (Wildman–Crippen LogP) is 2.24. The summed E-state index contributed by atoms with van der Waals surface area (Å²) in [5.41, 5.74) is 1.51. The molecule has 0 bridgehead atoms. The van der Waals surface area contributed by atoms with Gasteiger partial charge in [-0.3, -0.25) is 4.79 Å². The second-order valence-corrected chi connectivity index (χ2v) is 7.00. The molecule has 1 N–H and O–H groups in total. The van der Waals surface area contributed by atoms with E-state index in [4.69, 9.17) is 9.47 Å². The lowest BCUT2D eigenvalue weighted by Crippen LogP contribution is -2.26. The lowest BCUT2D eigenvalue weighted by Gasteiger charge is -2.15. The SMILES string of the molecule is COC(=O)c1c(C)[nH]c(C(=O)C(C)OC(=O)c2ccc(N3CCCC3)nn2)c1C. The number of aryl methyl sites for hydroxylation is 1. The van der Waals surface area contributed by atoms with Gasteiger partial charge in [-0.1, -0.05) is 0 Å². The summed E-state index contributed by atoms with van der Waals surface area (Å²) in [7, 11) is 1.27. The van der Waals surface area contributed by atoms with Crippen molar-refractivity contribution in [1.29, 1.82) is 0 Å². The maximum Gasteiger partial charge on any atom is 0.359 e. The van der Waals surface area contributed by atoms with Crippen molar-refractivity contribution in [3.05, 3.63) is 40.3 Å². The number of nitrogens with zero attached hydrogens (tertiary/aromatic N) is 3. The molecule has 0 amide bonds. The van der Waals surface area contributed by atoms with Gasteiger partial charge < -0.3 is 19.4 Å². The van der Waals surface area contributed by atoms with Gasteiger partial charge >= 0.3 is 11.9 Å². The first-order chi connectivity index (χ1) is 13.8. The van der Waals surface area contributed by atoms with Crippen LogP contribution in [-0.2, 0) is 9.47 Å². The van der Waals surface area contributed by atoms with Gasteiger partial charge in [0.05, 0.1) is 18.4 Å². The molecule has 0 radical (unpaired) electrons. The number of methoxy groups -OCH3 is 1. The zero-order valence-electron chi connectivity index (χ0n) is 16.9. The Balaban J connectivity index is 1.69. The maximum atomic E-state index is 12.7. The summed E-state index contributed by atoms with van der Waals surface area (Å²) in [6.45, 7) is 6.63. The lowest BCUT2D eigenvalue weighted by atomic mass is 10.1. The molecular weight excluding hydrogens is 376 g/mol. The molecule has 9 heteroatoms. The Labute approximate surface area is 168 Å². The van der Waals surface area contributed by atoms with Crippen molar-refractivity contribution >= 4 is 23.5 Å². The highest BCUT2D eigenvalue weighted by Crippen LogP contribution is 2.21. The molecule has 0 aliphatic carbocycles. The third-order valence-electron chi connectivity index (χ3n) is 5.02. The largest absolute Gasteiger partial charge is 0.465 e. The first-order valence-electron chi connectivity index (χ1n) is 9.44. The molecule has 0 spiro atoms. The third-order valence-corrected chi connectivity index (χ3v) is 5.02. The fourth-order valence-corrected chi connectivity index (χ4v) is 3.43. The standard InChI is InChI=1S/C20H24N4O5/c1-11-16(20(27)28-4)12(2)21-17(11)18(25)13(3)29-19(26)14-7-8-15(23-22-14)24-9-5-6-10-24/h7-8,13,21H,5-6,9-10H2,1-4H3. The molecule has 1 atom stereocenters. The second-order valence-electron chi connectivity index (χ2n) is 7.00. The van der Waals surface area contributed by atoms with Crippen LogP contribution in [0.3, 0.4) is 0 Å². The maximum absolute atomic E-state index is 12.7. The zero-order chi connectivity index (χ0) is 21.1. The second kappa shape index (κ2) is 8.42. The number of carbonyl (C=O) groups is 3. The van der Waals surface area contributed by atoms with E-state index >= 15 is 0 Å². The fourth-order valence-electron chi connectivity index (χ4n) is 3.43. The number of ether oxygens (including phenoxy) is 2. The molecule has 1 unspecified atom stereocenters. The highest BCUT2D eigenvalue weighted by atomic mass is 16.5. The Morgan fingerprint density at radius 1 is 1.10 bits per heavy atom. The molecule has 1 fully saturated rings. The van der Waals surface area contributed by atoms with Crippen molar-refractivity contribution in [3.63, 3.8) is 0 Å². The summed E-state index contributed by atoms with van der Waals surface area (Å²) in [4.78, 5) is 42.0. The third kappa shape index (κ3) is 4.13. The Bertz CT molecular complexity index is 929. The van der Waals surface area contributed by atoms with E-state index in [1.165, 1.54) is 14.0 Å². The predicted molar refractivity (Wildman–Crippen MR) is 104 cm³/mol. The number of ketones is 1. The van der Waals surface area contributed by atoms with E-state index in [1.807, 2.05) is 0 Å². The summed E-state index contributed by atoms with van der Waals surface area (Å²) < 4.78 is 10.0. The van der Waals surface area contributed by atoms with Gasteiger partial charge in [0, 0.05) is 18.8 Å². The van der Waals surface area contributed by atoms with Crippen molar-refractivity contribution in [2.75, 3.05) is 25.1 Å². The van der Waals surface area contributed by atoms with Crippen LogP contribution in [0.4, 0.5) is 5.82 Å². The zero-order valence-corrected chi connectivity index (χ0v) is 16.9. The van der Waals surface area contributed by atoms with E-state index in [1.54, 1.807) is 26.0 Å². The van der Waals surface area contributed by atoms with Crippen LogP contribution in [0.2, 0.25) is 0 Å². The number of hydrogen-bond acceptors (Lipinski definition) is 8. The fraction of sp³-hybridized carbons (Fsp3) is 0.450. The van der Waals surface area contributed by atoms with Crippen molar-refractivity contribution in [1.82, 2.24) is 15.2 Å². The van der Waals surface area contributed by atoms with E-state index in [-0.39, 0.29) is 11.4 Å². The smallest absolute Gasteiger partial charge is 0.359 e. The molecule has 3 heterocycles. The van der Waals surface area contributed by atoms with Gasteiger partial charge in [-0.25, -0.2) is 9.59 Å². The number of hydrogen-bond donors (Lipinski definition) is 1. The summed E-state index contributed by atoms with van der Waals surface area (Å²) in [5, 5.41) is 8.01. The van der Waals surface area contributed by atoms with Crippen LogP contribution in [0.1, 0.15) is 62.4 Å². The monoisotopic (exact) mass is 400 g/mol. The van der Waals surface area contributed by atoms with E-state index in [0.717, 1.165) is 31.7 Å². The average Bonchev–Trinajstić information content (AvgIpc) is 3.35. The summed E-state index contributed by atoms with van der Waals surface area (Å²) in [5.74, 6) is -1.000. The van der Waals surface area contributed by atoms with Crippen LogP contribution < -0.4 is 4.90 Å². The minimum Gasteiger partial charge on any atom is -0.465 e. The topological polar surface area (TPSA) is 114 Å². The van der Waals surface area contributed by atoms with Gasteiger partial charge in [0.25, 0.3) is 0 Å². The van der Waals surface area contributed by atoms with E-state index in [9.17, 15) is 14.4 Å². The Morgan fingerprint density at radius 3 is 2.38 bits per heavy atom. The quantitative estimate of drug-likeness (QED) is 0.580. The average molecular weight is 400 g/mol. The van der Waals surface area contributed by atoms with Gasteiger partial charge in [-0.15, -0.1) is 10.2 Å². The van der Waals surface area contributed by atoms with E-state index in [2.05, 4.69) is 20.1 Å². The Hall–Kier alpha value is -3.23. The number of H-pyrrole nitrogens is 1. The lowest BCUT2D eigenvalue weighted by molar-refractivity contribution is 0.0310. The van der Waals surface area contributed by atoms with Crippen LogP contribution in [-0.4, -0.2) is 59.2 Å². The summed E-state index contributed by atoms with van der Waals surface area (Å²) in [6, 6.07) is 3.27. The Kier molecular flexibility index (Phi) is 5.95. The van der Waals surface area contributed by atoms with Gasteiger partial charge in [0.15, 0.2) is 17.6 Å². The van der Waals surface area contributed by atoms with Crippen molar-refractivity contribution in [2.24, 2.45) is 0 Å². The van der Waals surface area contributed by atoms with Crippen LogP contribution in [0.5, 0.6) is 0 Å². The molecular formula is C20H24N4O5. The van der Waals surface area contributed by atoms with Crippen LogP contribution in [0, 0.1) is 13.8 Å². The number of aromatic amines is 1. The highest BCUT2D eigenvalue weighted by molar-refractivity contribution is 6.04. The number of Topliss-reactive ketones (excluding diaryl/α,β-unsaturated/α-hetero) is 1. The molecule has 2 aromatic heterocycles. The van der Waals surface area contributed by atoms with Crippen molar-refractivity contribution in [2.45, 2.75) is 39.7 Å². The molecule has 0 aromatic carbocycles. The van der Waals surface area contributed by atoms with E-state index < -0.39 is 23.8 Å². The van der Waals surface area contributed by atoms with Crippen molar-refractivity contribution < 1.29 is 23.9 Å². The minimum atomic E-state index is -1.06. The Morgan fingerprint density at radius 2 is 1.79 bits per heavy atom. The molecule has 2 aromatic rings. The number of carbonyl (C=O) groups excluding carboxylic acids is 3. The van der Waals surface area contributed by atoms with Gasteiger partial charge in [-0.05, 0) is 51.3 Å². The molecule has 0 saturated carbocycles. The molecule has 3 rings (SSSR count). The normalized spacial score (nSPS) is 14.6. The first-order valence-corrected chi connectivity index (χ1v) is 9.44. The molecule has 1 saturated heterocycles. The van der Waals surface area contributed by atoms with Gasteiger partial charge in [0.1, 0.15) is 0 Å². The van der Waals surface area contributed by atoms with Crippen LogP contribution >= 0.6 is 0 Å². The van der Waals surface area contributed by atoms with Gasteiger partial charge in [0.2, 0.25) is 5.78 Å². The highest BCUT2D eigenvalue weighted by Gasteiger charge is 2.28. The number of anilines is 1. The molecule has 1 aliphatic heterocycles. The number of rotatable bonds is 6. The number of nitrogens with one attached hydrogen (secondary N) is 1. The summed E-state index contributed by atoms with van der Waals surface area (Å²) in [6.07, 6.45) is 1.16. The van der Waals surface area contributed by atoms with E-state index in [0.29, 0.717) is 16.8 Å².